The molecule has 0 aliphatic heterocycles. The molecule has 4 heteroatoms. The molecule has 0 spiro atoms. The Morgan fingerprint density at radius 1 is 1.58 bits per heavy atom. The van der Waals surface area contributed by atoms with E-state index in [9.17, 15) is 0 Å². The second kappa shape index (κ2) is 4.30. The fraction of sp³-hybridized carbons (Fsp3) is 0.750. The van der Waals surface area contributed by atoms with Crippen LogP contribution in [0.5, 0.6) is 0 Å². The van der Waals surface area contributed by atoms with Crippen LogP contribution in [0.4, 0.5) is 0 Å². The molecule has 1 aliphatic rings. The molecule has 0 bridgehead atoms. The van der Waals surface area contributed by atoms with Crippen LogP contribution in [0.1, 0.15) is 19.3 Å². The van der Waals surface area contributed by atoms with E-state index in [2.05, 4.69) is 5.16 Å². The second-order valence-electron chi connectivity index (χ2n) is 3.31. The fourth-order valence-electron chi connectivity index (χ4n) is 1.71. The van der Waals surface area contributed by atoms with Gasteiger partial charge in [0.15, 0.2) is 0 Å². The van der Waals surface area contributed by atoms with Gasteiger partial charge in [0, 0.05) is 13.0 Å². The molecule has 0 saturated heterocycles. The lowest BCUT2D eigenvalue weighted by molar-refractivity contribution is 0.227. The summed E-state index contributed by atoms with van der Waals surface area (Å²) in [6, 6.07) is 0. The first kappa shape index (κ1) is 9.32. The fourth-order valence-corrected chi connectivity index (χ4v) is 1.71. The van der Waals surface area contributed by atoms with Gasteiger partial charge in [0.2, 0.25) is 0 Å². The first-order valence-electron chi connectivity index (χ1n) is 4.19. The number of rotatable bonds is 3. The summed E-state index contributed by atoms with van der Waals surface area (Å²) >= 11 is 0. The van der Waals surface area contributed by atoms with E-state index in [1.807, 2.05) is 0 Å². The number of hydrogen-bond acceptors (Lipinski definition) is 3. The number of nitrogens with two attached hydrogens (primary N) is 1. The minimum atomic E-state index is 0.179. The van der Waals surface area contributed by atoms with Gasteiger partial charge in [0.25, 0.3) is 0 Å². The largest absolute Gasteiger partial charge is 0.409 e. The Morgan fingerprint density at radius 2 is 2.33 bits per heavy atom. The van der Waals surface area contributed by atoms with Crippen molar-refractivity contribution < 1.29 is 10.3 Å². The van der Waals surface area contributed by atoms with Crippen LogP contribution in [-0.4, -0.2) is 22.8 Å². The van der Waals surface area contributed by atoms with Crippen molar-refractivity contribution in [2.24, 2.45) is 22.7 Å². The normalized spacial score (nSPS) is 30.9. The molecule has 0 aromatic carbocycles. The lowest BCUT2D eigenvalue weighted by Crippen LogP contribution is -2.16. The van der Waals surface area contributed by atoms with Gasteiger partial charge in [-0.3, -0.25) is 0 Å². The van der Waals surface area contributed by atoms with Gasteiger partial charge in [0.05, 0.1) is 0 Å². The topological polar surface area (TPSA) is 78.8 Å². The third-order valence-electron chi connectivity index (χ3n) is 2.36. The van der Waals surface area contributed by atoms with Crippen molar-refractivity contribution in [2.75, 3.05) is 6.61 Å². The second-order valence-corrected chi connectivity index (χ2v) is 3.31. The van der Waals surface area contributed by atoms with Crippen molar-refractivity contribution >= 4 is 5.84 Å². The molecule has 0 aromatic heterocycles. The van der Waals surface area contributed by atoms with Crippen LogP contribution < -0.4 is 5.73 Å². The molecule has 1 saturated carbocycles. The van der Waals surface area contributed by atoms with Crippen molar-refractivity contribution in [3.63, 3.8) is 0 Å². The number of hydrogen-bond donors (Lipinski definition) is 3. The molecule has 2 atom stereocenters. The number of amidine groups is 1. The maximum atomic E-state index is 8.85. The predicted molar refractivity (Wildman–Crippen MR) is 45.6 cm³/mol. The van der Waals surface area contributed by atoms with Gasteiger partial charge in [-0.2, -0.15) is 0 Å². The Hall–Kier alpha value is -0.770. The maximum Gasteiger partial charge on any atom is 0.143 e. The quantitative estimate of drug-likeness (QED) is 0.248. The molecular weight excluding hydrogens is 156 g/mol. The highest BCUT2D eigenvalue weighted by Crippen LogP contribution is 2.31. The third kappa shape index (κ3) is 2.37. The smallest absolute Gasteiger partial charge is 0.143 e. The van der Waals surface area contributed by atoms with E-state index in [1.165, 1.54) is 0 Å². The monoisotopic (exact) mass is 171 g/mol. The summed E-state index contributed by atoms with van der Waals surface area (Å²) in [5.74, 6) is 0.953. The lowest BCUT2D eigenvalue weighted by atomic mass is 10.0. The molecular formula is C8H15N2O2. The van der Waals surface area contributed by atoms with Gasteiger partial charge in [0.1, 0.15) is 5.84 Å². The van der Waals surface area contributed by atoms with Crippen molar-refractivity contribution in [1.82, 2.24) is 0 Å². The molecule has 2 unspecified atom stereocenters. The number of aliphatic hydroxyl groups is 1. The molecule has 69 valence electrons. The van der Waals surface area contributed by atoms with Crippen LogP contribution in [0.25, 0.3) is 0 Å². The molecule has 0 heterocycles. The molecule has 1 radical (unpaired) electrons. The Balaban J connectivity index is 2.28. The van der Waals surface area contributed by atoms with E-state index < -0.39 is 0 Å². The molecule has 0 aromatic rings. The predicted octanol–water partition coefficient (Wildman–Crippen LogP) is 0.346. The summed E-state index contributed by atoms with van der Waals surface area (Å²) in [6.07, 6.45) is 4.78. The van der Waals surface area contributed by atoms with Crippen molar-refractivity contribution in [1.29, 1.82) is 0 Å². The number of oxime groups is 1. The minimum Gasteiger partial charge on any atom is -0.409 e. The standard InChI is InChI=1S/C8H15N2O2/c9-8(10-12)4-6-1-2-7(3-6)5-11/h4,6-7,11-12H,1-3,5H2,(H2,9,10). The van der Waals surface area contributed by atoms with Crippen LogP contribution in [0.15, 0.2) is 5.16 Å². The first-order chi connectivity index (χ1) is 5.76. The highest BCUT2D eigenvalue weighted by molar-refractivity contribution is 5.88. The highest BCUT2D eigenvalue weighted by Gasteiger charge is 2.24. The summed E-state index contributed by atoms with van der Waals surface area (Å²) in [5, 5.41) is 20.0. The molecule has 1 rings (SSSR count). The first-order valence-corrected chi connectivity index (χ1v) is 4.19. The van der Waals surface area contributed by atoms with E-state index in [4.69, 9.17) is 16.0 Å². The Labute approximate surface area is 72.1 Å². The van der Waals surface area contributed by atoms with E-state index in [1.54, 1.807) is 6.42 Å². The summed E-state index contributed by atoms with van der Waals surface area (Å²) < 4.78 is 0. The Morgan fingerprint density at radius 3 is 2.83 bits per heavy atom. The van der Waals surface area contributed by atoms with E-state index in [0.29, 0.717) is 11.8 Å². The van der Waals surface area contributed by atoms with Gasteiger partial charge in [-0.1, -0.05) is 5.16 Å². The highest BCUT2D eigenvalue weighted by atomic mass is 16.4. The van der Waals surface area contributed by atoms with Gasteiger partial charge < -0.3 is 16.0 Å². The Bertz CT molecular complexity index is 170. The van der Waals surface area contributed by atoms with Crippen molar-refractivity contribution in [3.05, 3.63) is 6.42 Å². The average molecular weight is 171 g/mol. The van der Waals surface area contributed by atoms with Gasteiger partial charge in [-0.25, -0.2) is 0 Å². The SMILES string of the molecule is NC([CH]C1CCC(CO)C1)=NO. The minimum absolute atomic E-state index is 0.179. The van der Waals surface area contributed by atoms with Crippen LogP contribution in [-0.2, 0) is 0 Å². The van der Waals surface area contributed by atoms with E-state index in [-0.39, 0.29) is 12.4 Å². The Kier molecular flexibility index (Phi) is 3.34. The average Bonchev–Trinajstić information content (AvgIpc) is 2.52. The van der Waals surface area contributed by atoms with Crippen LogP contribution >= 0.6 is 0 Å². The number of nitrogens with zero attached hydrogens (tertiary/aromatic N) is 1. The lowest BCUT2D eigenvalue weighted by Gasteiger charge is -2.07. The summed E-state index contributed by atoms with van der Waals surface area (Å²) in [4.78, 5) is 0. The summed E-state index contributed by atoms with van der Waals surface area (Å²) in [6.45, 7) is 0.251. The molecule has 1 fully saturated rings. The van der Waals surface area contributed by atoms with Gasteiger partial charge >= 0.3 is 0 Å². The summed E-state index contributed by atoms with van der Waals surface area (Å²) in [5.41, 5.74) is 5.32. The van der Waals surface area contributed by atoms with Crippen LogP contribution in [0, 0.1) is 18.3 Å². The zero-order valence-electron chi connectivity index (χ0n) is 6.98. The third-order valence-corrected chi connectivity index (χ3v) is 2.36. The molecule has 12 heavy (non-hydrogen) atoms. The van der Waals surface area contributed by atoms with E-state index in [0.717, 1.165) is 19.3 Å². The zero-order chi connectivity index (χ0) is 8.97. The number of aliphatic hydroxyl groups excluding tert-OH is 1. The van der Waals surface area contributed by atoms with E-state index >= 15 is 0 Å². The maximum absolute atomic E-state index is 8.85. The molecule has 4 N–H and O–H groups in total. The summed E-state index contributed by atoms with van der Waals surface area (Å²) in [7, 11) is 0. The van der Waals surface area contributed by atoms with Gasteiger partial charge in [-0.05, 0) is 31.1 Å². The molecule has 4 nitrogen and oxygen atoms in total. The zero-order valence-corrected chi connectivity index (χ0v) is 6.98. The van der Waals surface area contributed by atoms with Crippen molar-refractivity contribution in [2.45, 2.75) is 19.3 Å². The molecule has 0 amide bonds. The molecule has 1 aliphatic carbocycles. The van der Waals surface area contributed by atoms with Crippen LogP contribution in [0.2, 0.25) is 0 Å². The van der Waals surface area contributed by atoms with Crippen LogP contribution in [0.3, 0.4) is 0 Å². The van der Waals surface area contributed by atoms with Crippen molar-refractivity contribution in [3.8, 4) is 0 Å². The van der Waals surface area contributed by atoms with Gasteiger partial charge in [-0.15, -0.1) is 0 Å².